The summed E-state index contributed by atoms with van der Waals surface area (Å²) in [5.74, 6) is 0. The Kier molecular flexibility index (Phi) is 16.6. The van der Waals surface area contributed by atoms with Gasteiger partial charge in [0.25, 0.3) is 6.71 Å². The van der Waals surface area contributed by atoms with Crippen molar-refractivity contribution < 1.29 is 6.85 Å². The molecule has 13 aromatic carbocycles. The third-order valence-electron chi connectivity index (χ3n) is 23.5. The van der Waals surface area contributed by atoms with Gasteiger partial charge in [0.05, 0.1) is 34.8 Å². The number of nitriles is 1. The average Bonchev–Trinajstić information content (AvgIpc) is 1.08. The van der Waals surface area contributed by atoms with E-state index in [2.05, 4.69) is 378 Å². The van der Waals surface area contributed by atoms with Crippen molar-refractivity contribution >= 4 is 79.0 Å². The molecule has 5 heteroatoms. The second-order valence-electron chi connectivity index (χ2n) is 38.8. The summed E-state index contributed by atoms with van der Waals surface area (Å²) in [6.45, 7) is 47.9. The van der Waals surface area contributed by atoms with Crippen LogP contribution in [-0.4, -0.2) is 11.3 Å². The summed E-state index contributed by atoms with van der Waals surface area (Å²) in [6.07, 6.45) is 0. The maximum atomic E-state index is 12.2. The SMILES string of the molecule is [2H]c1c([2H])c([2H])c(-c2cccc(-c3cc(C(C)(C)C)cc(-c4ccccc4)c3N3c4cc(-c5cc(C(C)(C)C)cc(C(C)(C)C)c5)ccc4B4c5ccc(-c6cc(C(C)(C)C)cc(C(C)(C)C)c6)cc5N(c5cc(-n6c7ccccc7c7ccccc76)ccc5C#N)c5cc(-c6cc(C(C)(C)C)cc(C(C)(C)C)c6)cc3c54)c2)c([2H])c1[2H]. The number of nitrogens with zero attached hydrogens (tertiary/aromatic N) is 4. The summed E-state index contributed by atoms with van der Waals surface area (Å²) in [5, 5.41) is 14.5. The Hall–Kier alpha value is -11.2. The maximum Gasteiger partial charge on any atom is 0.252 e. The van der Waals surface area contributed by atoms with Gasteiger partial charge in [-0.1, -0.05) is 339 Å². The third-order valence-corrected chi connectivity index (χ3v) is 23.5. The molecule has 0 unspecified atom stereocenters. The largest absolute Gasteiger partial charge is 0.310 e. The average molecular weight is 1460 g/mol. The molecule has 0 bridgehead atoms. The van der Waals surface area contributed by atoms with E-state index in [1.165, 1.54) is 33.4 Å². The highest BCUT2D eigenvalue weighted by Crippen LogP contribution is 2.55. The smallest absolute Gasteiger partial charge is 0.252 e. The van der Waals surface area contributed by atoms with Gasteiger partial charge in [0, 0.05) is 50.3 Å². The molecule has 0 spiro atoms. The molecule has 558 valence electrons. The fourth-order valence-electron chi connectivity index (χ4n) is 16.7. The predicted octanol–water partition coefficient (Wildman–Crippen LogP) is 27.8. The topological polar surface area (TPSA) is 35.2 Å². The van der Waals surface area contributed by atoms with Crippen molar-refractivity contribution in [1.82, 2.24) is 4.57 Å². The van der Waals surface area contributed by atoms with E-state index in [-0.39, 0.29) is 62.2 Å². The lowest BCUT2D eigenvalue weighted by Gasteiger charge is -2.46. The quantitative estimate of drug-likeness (QED) is 0.135. The van der Waals surface area contributed by atoms with Crippen molar-refractivity contribution in [3.63, 3.8) is 0 Å². The molecular formula is C107H107BN4. The summed E-state index contributed by atoms with van der Waals surface area (Å²) in [6, 6.07) is 89.2. The van der Waals surface area contributed by atoms with Crippen LogP contribution in [0.3, 0.4) is 0 Å². The number of fused-ring (bicyclic) bond motifs is 7. The minimum atomic E-state index is -0.439. The molecule has 1 aromatic heterocycles. The Morgan fingerprint density at radius 2 is 0.670 bits per heavy atom. The lowest BCUT2D eigenvalue weighted by molar-refractivity contribution is 0.568. The Bertz CT molecular complexity index is 6280. The van der Waals surface area contributed by atoms with E-state index in [1.807, 2.05) is 24.3 Å². The first-order valence-electron chi connectivity index (χ1n) is 42.5. The number of benzene rings is 13. The minimum absolute atomic E-state index is 0.133. The van der Waals surface area contributed by atoms with Gasteiger partial charge in [0.2, 0.25) is 0 Å². The lowest BCUT2D eigenvalue weighted by Crippen LogP contribution is -2.61. The van der Waals surface area contributed by atoms with Crippen LogP contribution < -0.4 is 26.2 Å². The van der Waals surface area contributed by atoms with Crippen LogP contribution in [0.15, 0.2) is 267 Å². The minimum Gasteiger partial charge on any atom is -0.310 e. The van der Waals surface area contributed by atoms with Gasteiger partial charge in [-0.05, 0) is 222 Å². The number of rotatable bonds is 9. The molecule has 2 aliphatic heterocycles. The molecule has 0 saturated carbocycles. The Morgan fingerprint density at radius 1 is 0.295 bits per heavy atom. The molecule has 0 fully saturated rings. The van der Waals surface area contributed by atoms with Gasteiger partial charge >= 0.3 is 0 Å². The summed E-state index contributed by atoms with van der Waals surface area (Å²) >= 11 is 0. The van der Waals surface area contributed by atoms with Crippen LogP contribution in [0.25, 0.3) is 94.3 Å². The van der Waals surface area contributed by atoms with Gasteiger partial charge in [-0.15, -0.1) is 0 Å². The second-order valence-corrected chi connectivity index (χ2v) is 38.8. The van der Waals surface area contributed by atoms with Crippen molar-refractivity contribution in [2.45, 2.75) is 183 Å². The van der Waals surface area contributed by atoms with E-state index in [1.54, 1.807) is 0 Å². The van der Waals surface area contributed by atoms with Crippen LogP contribution in [0.2, 0.25) is 0 Å². The summed E-state index contributed by atoms with van der Waals surface area (Å²) in [7, 11) is 0. The van der Waals surface area contributed by atoms with E-state index in [4.69, 9.17) is 4.11 Å². The highest BCUT2D eigenvalue weighted by Gasteiger charge is 2.46. The maximum absolute atomic E-state index is 12.2. The second kappa shape index (κ2) is 27.1. The summed E-state index contributed by atoms with van der Waals surface area (Å²) < 4.78 is 48.1. The Labute approximate surface area is 674 Å². The summed E-state index contributed by atoms with van der Waals surface area (Å²) in [5.41, 5.74) is 29.8. The van der Waals surface area contributed by atoms with E-state index in [9.17, 15) is 8.00 Å². The van der Waals surface area contributed by atoms with Crippen LogP contribution in [0.5, 0.6) is 0 Å². The zero-order valence-corrected chi connectivity index (χ0v) is 69.4. The molecule has 0 atom stereocenters. The third kappa shape index (κ3) is 13.6. The highest BCUT2D eigenvalue weighted by molar-refractivity contribution is 7.00. The zero-order chi connectivity index (χ0) is 83.6. The normalized spacial score (nSPS) is 14.0. The molecule has 0 N–H and O–H groups in total. The van der Waals surface area contributed by atoms with Crippen molar-refractivity contribution in [3.8, 4) is 78.5 Å². The first-order valence-corrected chi connectivity index (χ1v) is 40.0. The first kappa shape index (κ1) is 68.8. The standard InChI is InChI=1S/C107H107BN4/c1-101(2,3)78-50-74(51-79(60-78)102(4,5)6)70-44-47-90-95(56-70)111(94-65-85(46-43-73(94)66-109)110-92-41-30-28-39-86(92)87-40-29-31-42-93(87)110)97-58-77(76-54-82(105(13,14)15)62-83(55-76)106(16,17)18)59-98-99(97)108(90)91-48-45-71(75-52-80(103(7,8)9)61-81(53-75)104(10,11)12)57-96(91)112(98)100-88(68-35-26-23-27-36-68)63-84(107(19,20)21)64-89(100)72-38-32-37-69(49-72)67-33-24-22-25-34-67/h22-65H,1-21H3/i22D,24D,25D,33D,34D. The van der Waals surface area contributed by atoms with Gasteiger partial charge in [-0.25, -0.2) is 0 Å². The molecule has 112 heavy (non-hydrogen) atoms. The zero-order valence-electron chi connectivity index (χ0n) is 74.4. The van der Waals surface area contributed by atoms with E-state index >= 15 is 0 Å². The monoisotopic (exact) mass is 1460 g/mol. The number of anilines is 6. The molecule has 2 aliphatic rings. The molecule has 4 nitrogen and oxygen atoms in total. The number of hydrogen-bond acceptors (Lipinski definition) is 3. The van der Waals surface area contributed by atoms with Crippen LogP contribution in [-0.2, 0) is 37.9 Å². The summed E-state index contributed by atoms with van der Waals surface area (Å²) in [4.78, 5) is 5.04. The molecule has 14 aromatic rings. The number of hydrogen-bond donors (Lipinski definition) is 0. The van der Waals surface area contributed by atoms with E-state index in [0.717, 1.165) is 139 Å². The molecule has 0 aliphatic carbocycles. The Morgan fingerprint density at radius 3 is 1.13 bits per heavy atom. The predicted molar refractivity (Wildman–Crippen MR) is 483 cm³/mol. The van der Waals surface area contributed by atoms with Crippen molar-refractivity contribution in [2.75, 3.05) is 9.80 Å². The first-order chi connectivity index (χ1) is 55.0. The Balaban J connectivity index is 1.12. The number of para-hydroxylation sites is 2. The van der Waals surface area contributed by atoms with Crippen LogP contribution >= 0.6 is 0 Å². The van der Waals surface area contributed by atoms with Gasteiger partial charge < -0.3 is 14.4 Å². The molecule has 0 saturated heterocycles. The van der Waals surface area contributed by atoms with E-state index < -0.39 is 18.2 Å². The van der Waals surface area contributed by atoms with Gasteiger partial charge in [0.1, 0.15) is 6.07 Å². The van der Waals surface area contributed by atoms with Crippen molar-refractivity contribution in [1.29, 1.82) is 5.26 Å². The number of aromatic nitrogens is 1. The molecule has 16 rings (SSSR count). The molecular weight excluding hydrogens is 1350 g/mol. The van der Waals surface area contributed by atoms with E-state index in [0.29, 0.717) is 11.1 Å². The van der Waals surface area contributed by atoms with Gasteiger partial charge in [-0.3, -0.25) is 0 Å². The molecule has 0 radical (unpaired) electrons. The highest BCUT2D eigenvalue weighted by atomic mass is 15.2. The lowest BCUT2D eigenvalue weighted by atomic mass is 9.33. The van der Waals surface area contributed by atoms with Crippen molar-refractivity contribution in [2.24, 2.45) is 0 Å². The van der Waals surface area contributed by atoms with Gasteiger partial charge in [-0.2, -0.15) is 5.26 Å². The van der Waals surface area contributed by atoms with Crippen LogP contribution in [0, 0.1) is 11.3 Å². The fraction of sp³-hybridized carbons (Fsp3) is 0.262. The van der Waals surface area contributed by atoms with Gasteiger partial charge in [0.15, 0.2) is 0 Å². The fourth-order valence-corrected chi connectivity index (χ4v) is 16.7. The molecule has 0 amide bonds. The van der Waals surface area contributed by atoms with Crippen LogP contribution in [0.1, 0.15) is 197 Å². The van der Waals surface area contributed by atoms with Crippen LogP contribution in [0.4, 0.5) is 34.1 Å². The van der Waals surface area contributed by atoms with Crippen molar-refractivity contribution in [3.05, 3.63) is 311 Å². The molecule has 3 heterocycles.